The van der Waals surface area contributed by atoms with Crippen molar-refractivity contribution in [3.8, 4) is 11.5 Å². The zero-order chi connectivity index (χ0) is 13.3. The maximum atomic E-state index is 10.7. The predicted octanol–water partition coefficient (Wildman–Crippen LogP) is 2.89. The highest BCUT2D eigenvalue weighted by Gasteiger charge is 2.41. The summed E-state index contributed by atoms with van der Waals surface area (Å²) in [5.74, 6) is 1.58. The van der Waals surface area contributed by atoms with E-state index in [2.05, 4.69) is 4.99 Å². The smallest absolute Gasteiger partial charge is 0.235 e. The summed E-state index contributed by atoms with van der Waals surface area (Å²) in [6.07, 6.45) is 6.63. The maximum absolute atomic E-state index is 10.7. The molecular formula is C14H15NO3S. The molecule has 0 radical (unpaired) electrons. The molecule has 4 nitrogen and oxygen atoms in total. The molecule has 1 fully saturated rings. The predicted molar refractivity (Wildman–Crippen MR) is 72.9 cm³/mol. The Bertz CT molecular complexity index is 548. The van der Waals surface area contributed by atoms with Crippen LogP contribution in [0.25, 0.3) is 0 Å². The number of rotatable bonds is 3. The normalized spacial score (nSPS) is 19.2. The minimum absolute atomic E-state index is 0.393. The molecule has 2 aliphatic rings. The van der Waals surface area contributed by atoms with Gasteiger partial charge in [-0.2, -0.15) is 4.99 Å². The van der Waals surface area contributed by atoms with E-state index in [1.54, 1.807) is 17.8 Å². The van der Waals surface area contributed by atoms with E-state index in [-0.39, 0.29) is 0 Å². The first kappa shape index (κ1) is 12.6. The van der Waals surface area contributed by atoms with E-state index in [1.165, 1.54) is 0 Å². The third-order valence-corrected chi connectivity index (χ3v) is 4.62. The first-order valence-electron chi connectivity index (χ1n) is 6.37. The molecule has 0 amide bonds. The number of benzene rings is 1. The van der Waals surface area contributed by atoms with Crippen molar-refractivity contribution < 1.29 is 14.3 Å². The Morgan fingerprint density at radius 2 is 2.11 bits per heavy atom. The lowest BCUT2D eigenvalue weighted by atomic mass is 9.72. The van der Waals surface area contributed by atoms with Crippen LogP contribution in [-0.2, 0) is 10.3 Å². The van der Waals surface area contributed by atoms with Crippen LogP contribution in [0.5, 0.6) is 11.5 Å². The van der Waals surface area contributed by atoms with Crippen molar-refractivity contribution in [2.75, 3.05) is 19.5 Å². The van der Waals surface area contributed by atoms with Crippen LogP contribution in [-0.4, -0.2) is 25.5 Å². The minimum atomic E-state index is -0.393. The van der Waals surface area contributed by atoms with Gasteiger partial charge in [0.2, 0.25) is 6.08 Å². The SMILES string of the molecule is CSc1c(C2(N=C=O)CCC2)ccc2c1OCCO2. The molecular weight excluding hydrogens is 262 g/mol. The summed E-state index contributed by atoms with van der Waals surface area (Å²) >= 11 is 1.62. The molecule has 0 atom stereocenters. The van der Waals surface area contributed by atoms with E-state index in [9.17, 15) is 4.79 Å². The molecule has 1 aromatic carbocycles. The van der Waals surface area contributed by atoms with Gasteiger partial charge >= 0.3 is 0 Å². The molecule has 0 N–H and O–H groups in total. The average molecular weight is 277 g/mol. The van der Waals surface area contributed by atoms with Crippen LogP contribution >= 0.6 is 11.8 Å². The molecule has 1 saturated carbocycles. The number of carbonyl (C=O) groups excluding carboxylic acids is 1. The highest BCUT2D eigenvalue weighted by atomic mass is 32.2. The molecule has 1 aliphatic heterocycles. The fraction of sp³-hybridized carbons (Fsp3) is 0.500. The van der Waals surface area contributed by atoms with E-state index in [0.717, 1.165) is 41.2 Å². The van der Waals surface area contributed by atoms with Crippen LogP contribution < -0.4 is 9.47 Å². The van der Waals surface area contributed by atoms with E-state index in [4.69, 9.17) is 9.47 Å². The van der Waals surface area contributed by atoms with Crippen LogP contribution in [0.2, 0.25) is 0 Å². The summed E-state index contributed by atoms with van der Waals surface area (Å²) in [7, 11) is 0. The van der Waals surface area contributed by atoms with E-state index >= 15 is 0 Å². The van der Waals surface area contributed by atoms with Crippen molar-refractivity contribution in [1.29, 1.82) is 0 Å². The molecule has 1 heterocycles. The number of hydrogen-bond acceptors (Lipinski definition) is 5. The molecule has 0 spiro atoms. The van der Waals surface area contributed by atoms with Gasteiger partial charge in [0.15, 0.2) is 11.5 Å². The molecule has 5 heteroatoms. The quantitative estimate of drug-likeness (QED) is 0.484. The van der Waals surface area contributed by atoms with Crippen LogP contribution in [0.4, 0.5) is 0 Å². The zero-order valence-electron chi connectivity index (χ0n) is 10.8. The van der Waals surface area contributed by atoms with Gasteiger partial charge in [-0.3, -0.25) is 0 Å². The maximum Gasteiger partial charge on any atom is 0.235 e. The summed E-state index contributed by atoms with van der Waals surface area (Å²) in [5, 5.41) is 0. The number of ether oxygens (including phenoxy) is 2. The van der Waals surface area contributed by atoms with Gasteiger partial charge in [0.25, 0.3) is 0 Å². The molecule has 1 aliphatic carbocycles. The average Bonchev–Trinajstić information content (AvgIpc) is 2.41. The molecule has 0 unspecified atom stereocenters. The highest BCUT2D eigenvalue weighted by Crippen LogP contribution is 2.52. The second kappa shape index (κ2) is 4.91. The molecule has 0 saturated heterocycles. The summed E-state index contributed by atoms with van der Waals surface area (Å²) < 4.78 is 11.3. The van der Waals surface area contributed by atoms with Gasteiger partial charge in [-0.05, 0) is 37.1 Å². The van der Waals surface area contributed by atoms with Gasteiger partial charge in [0.1, 0.15) is 13.2 Å². The Labute approximate surface area is 116 Å². The Morgan fingerprint density at radius 1 is 1.32 bits per heavy atom. The highest BCUT2D eigenvalue weighted by molar-refractivity contribution is 7.98. The Morgan fingerprint density at radius 3 is 2.74 bits per heavy atom. The number of nitrogens with zero attached hydrogens (tertiary/aromatic N) is 1. The van der Waals surface area contributed by atoms with Gasteiger partial charge in [-0.25, -0.2) is 4.79 Å². The summed E-state index contributed by atoms with van der Waals surface area (Å²) in [6, 6.07) is 3.93. The Kier molecular flexibility index (Phi) is 3.25. The van der Waals surface area contributed by atoms with E-state index in [1.807, 2.05) is 18.4 Å². The van der Waals surface area contributed by atoms with Crippen molar-refractivity contribution in [3.63, 3.8) is 0 Å². The third kappa shape index (κ3) is 1.94. The first-order chi connectivity index (χ1) is 9.30. The monoisotopic (exact) mass is 277 g/mol. The zero-order valence-corrected chi connectivity index (χ0v) is 11.6. The molecule has 0 aromatic heterocycles. The molecule has 1 aromatic rings. The second-order valence-electron chi connectivity index (χ2n) is 4.76. The summed E-state index contributed by atoms with van der Waals surface area (Å²) in [5.41, 5.74) is 0.675. The van der Waals surface area contributed by atoms with Crippen molar-refractivity contribution in [1.82, 2.24) is 0 Å². The number of isocyanates is 1. The molecule has 3 rings (SSSR count). The lowest BCUT2D eigenvalue weighted by Gasteiger charge is -2.39. The number of hydrogen-bond donors (Lipinski definition) is 0. The van der Waals surface area contributed by atoms with E-state index in [0.29, 0.717) is 13.2 Å². The van der Waals surface area contributed by atoms with Crippen LogP contribution in [0.1, 0.15) is 24.8 Å². The topological polar surface area (TPSA) is 47.9 Å². The van der Waals surface area contributed by atoms with Crippen molar-refractivity contribution in [2.45, 2.75) is 29.7 Å². The largest absolute Gasteiger partial charge is 0.486 e. The van der Waals surface area contributed by atoms with Crippen molar-refractivity contribution in [2.24, 2.45) is 4.99 Å². The van der Waals surface area contributed by atoms with Crippen LogP contribution in [0, 0.1) is 0 Å². The standard InChI is InChI=1S/C14H15NO3S/c1-19-13-10(14(15-9-16)5-2-6-14)3-4-11-12(13)18-8-7-17-11/h3-4H,2,5-8H2,1H3. The van der Waals surface area contributed by atoms with Gasteiger partial charge in [-0.15, -0.1) is 11.8 Å². The van der Waals surface area contributed by atoms with Crippen molar-refractivity contribution in [3.05, 3.63) is 17.7 Å². The lowest BCUT2D eigenvalue weighted by molar-refractivity contribution is 0.164. The van der Waals surface area contributed by atoms with Gasteiger partial charge < -0.3 is 9.47 Å². The van der Waals surface area contributed by atoms with Gasteiger partial charge in [-0.1, -0.05) is 6.07 Å². The number of aliphatic imine (C=N–C) groups is 1. The fourth-order valence-electron chi connectivity index (χ4n) is 2.70. The van der Waals surface area contributed by atoms with Gasteiger partial charge in [0, 0.05) is 0 Å². The summed E-state index contributed by atoms with van der Waals surface area (Å²) in [6.45, 7) is 1.14. The van der Waals surface area contributed by atoms with Crippen molar-refractivity contribution >= 4 is 17.8 Å². The minimum Gasteiger partial charge on any atom is -0.486 e. The fourth-order valence-corrected chi connectivity index (χ4v) is 3.52. The first-order valence-corrected chi connectivity index (χ1v) is 7.59. The molecule has 100 valence electrons. The van der Waals surface area contributed by atoms with E-state index < -0.39 is 5.54 Å². The number of fused-ring (bicyclic) bond motifs is 1. The van der Waals surface area contributed by atoms with Crippen LogP contribution in [0.15, 0.2) is 22.0 Å². The molecule has 19 heavy (non-hydrogen) atoms. The van der Waals surface area contributed by atoms with Gasteiger partial charge in [0.05, 0.1) is 10.4 Å². The Hall–Kier alpha value is -1.45. The summed E-state index contributed by atoms with van der Waals surface area (Å²) in [4.78, 5) is 15.8. The lowest BCUT2D eigenvalue weighted by Crippen LogP contribution is -2.33. The second-order valence-corrected chi connectivity index (χ2v) is 5.58. The third-order valence-electron chi connectivity index (χ3n) is 3.81. The van der Waals surface area contributed by atoms with Crippen LogP contribution in [0.3, 0.4) is 0 Å². The molecule has 0 bridgehead atoms. The Balaban J connectivity index is 2.13. The number of thioether (sulfide) groups is 1.